The molecule has 6 aromatic carbocycles. The van der Waals surface area contributed by atoms with Crippen molar-refractivity contribution in [3.63, 3.8) is 0 Å². The molecular formula is C44H40. The molecule has 0 atom stereocenters. The van der Waals surface area contributed by atoms with Gasteiger partial charge in [0.25, 0.3) is 0 Å². The van der Waals surface area contributed by atoms with Gasteiger partial charge in [-0.15, -0.1) is 0 Å². The van der Waals surface area contributed by atoms with E-state index < -0.39 is 0 Å². The molecule has 0 bridgehead atoms. The predicted octanol–water partition coefficient (Wildman–Crippen LogP) is 11.8. The highest BCUT2D eigenvalue weighted by Crippen LogP contribution is 2.62. The lowest BCUT2D eigenvalue weighted by atomic mass is 9.70. The Morgan fingerprint density at radius 3 is 0.818 bits per heavy atom. The van der Waals surface area contributed by atoms with Gasteiger partial charge in [-0.3, -0.25) is 0 Å². The van der Waals surface area contributed by atoms with Crippen LogP contribution in [0, 0.1) is 0 Å². The molecule has 4 aliphatic rings. The van der Waals surface area contributed by atoms with Crippen molar-refractivity contribution in [1.82, 2.24) is 0 Å². The zero-order valence-corrected chi connectivity index (χ0v) is 23.7. The maximum atomic E-state index is 2.35. The fraction of sp³-hybridized carbons (Fsp3) is 0.182. The zero-order valence-electron chi connectivity index (χ0n) is 23.7. The van der Waals surface area contributed by atoms with Crippen molar-refractivity contribution in [2.45, 2.75) is 51.4 Å². The lowest BCUT2D eigenvalue weighted by molar-refractivity contribution is 0.550. The van der Waals surface area contributed by atoms with Crippen LogP contribution in [0.1, 0.15) is 73.9 Å². The van der Waals surface area contributed by atoms with Crippen LogP contribution in [0.2, 0.25) is 0 Å². The molecule has 0 radical (unpaired) electrons. The van der Waals surface area contributed by atoms with Gasteiger partial charge in [-0.1, -0.05) is 173 Å². The normalized spacial score (nSPS) is 15.8. The highest BCUT2D eigenvalue weighted by Gasteiger charge is 2.51. The Labute approximate surface area is 263 Å². The van der Waals surface area contributed by atoms with E-state index in [1.54, 1.807) is 11.1 Å². The first-order chi connectivity index (χ1) is 20.8. The van der Waals surface area contributed by atoms with Gasteiger partial charge in [0.1, 0.15) is 0 Å². The summed E-state index contributed by atoms with van der Waals surface area (Å²) in [6, 6.07) is 53.7. The van der Waals surface area contributed by atoms with Crippen molar-refractivity contribution in [2.24, 2.45) is 0 Å². The molecule has 0 unspecified atom stereocenters. The van der Waals surface area contributed by atoms with Gasteiger partial charge in [0.05, 0.1) is 5.41 Å². The lowest BCUT2D eigenvalue weighted by Gasteiger charge is -2.30. The molecule has 0 heterocycles. The molecule has 10 rings (SSSR count). The fourth-order valence-electron chi connectivity index (χ4n) is 8.98. The topological polar surface area (TPSA) is 0 Å². The SMILES string of the molecule is C.C.c1ccc2c(c1)-c1ccccc1C21CCCC1.c1ccc2c(c1)-c1ccccc1C21c2ccccc2-c2ccccc21. The average molecular weight is 569 g/mol. The van der Waals surface area contributed by atoms with Gasteiger partial charge in [0, 0.05) is 5.41 Å². The van der Waals surface area contributed by atoms with Crippen LogP contribution in [0.25, 0.3) is 33.4 Å². The van der Waals surface area contributed by atoms with Crippen LogP contribution in [0.4, 0.5) is 0 Å². The second-order valence-electron chi connectivity index (χ2n) is 12.3. The van der Waals surface area contributed by atoms with Crippen LogP contribution in [0.5, 0.6) is 0 Å². The van der Waals surface area contributed by atoms with E-state index in [2.05, 4.69) is 146 Å². The molecule has 0 heteroatoms. The van der Waals surface area contributed by atoms with Crippen LogP contribution in [0.3, 0.4) is 0 Å². The van der Waals surface area contributed by atoms with E-state index in [-0.39, 0.29) is 20.3 Å². The minimum Gasteiger partial charge on any atom is -0.0776 e. The Morgan fingerprint density at radius 2 is 0.523 bits per heavy atom. The molecule has 4 aliphatic carbocycles. The fourth-order valence-corrected chi connectivity index (χ4v) is 8.98. The molecule has 0 aromatic heterocycles. The van der Waals surface area contributed by atoms with E-state index in [1.807, 2.05) is 0 Å². The molecule has 0 N–H and O–H groups in total. The summed E-state index contributed by atoms with van der Waals surface area (Å²) in [6.45, 7) is 0. The minimum atomic E-state index is -0.180. The second-order valence-corrected chi connectivity index (χ2v) is 12.3. The van der Waals surface area contributed by atoms with Crippen LogP contribution >= 0.6 is 0 Å². The van der Waals surface area contributed by atoms with Gasteiger partial charge in [-0.25, -0.2) is 0 Å². The maximum absolute atomic E-state index is 2.35. The van der Waals surface area contributed by atoms with Gasteiger partial charge in [0.2, 0.25) is 0 Å². The van der Waals surface area contributed by atoms with Crippen LogP contribution < -0.4 is 0 Å². The summed E-state index contributed by atoms with van der Waals surface area (Å²) in [5.41, 5.74) is 17.4. The molecule has 0 saturated heterocycles. The van der Waals surface area contributed by atoms with E-state index in [4.69, 9.17) is 0 Å². The summed E-state index contributed by atoms with van der Waals surface area (Å²) in [5, 5.41) is 0. The second kappa shape index (κ2) is 10.5. The largest absolute Gasteiger partial charge is 0.0776 e. The van der Waals surface area contributed by atoms with Gasteiger partial charge in [-0.05, 0) is 79.6 Å². The first kappa shape index (κ1) is 28.1. The lowest BCUT2D eigenvalue weighted by Crippen LogP contribution is -2.25. The van der Waals surface area contributed by atoms with E-state index in [0.717, 1.165) is 0 Å². The molecule has 2 spiro atoms. The number of hydrogen-bond donors (Lipinski definition) is 0. The molecule has 44 heavy (non-hydrogen) atoms. The molecule has 6 aromatic rings. The average Bonchev–Trinajstić information content (AvgIpc) is 3.82. The van der Waals surface area contributed by atoms with E-state index in [1.165, 1.54) is 81.3 Å². The summed E-state index contributed by atoms with van der Waals surface area (Å²) in [7, 11) is 0. The summed E-state index contributed by atoms with van der Waals surface area (Å²) in [5.74, 6) is 0. The Bertz CT molecular complexity index is 1770. The molecule has 1 saturated carbocycles. The van der Waals surface area contributed by atoms with Crippen molar-refractivity contribution in [1.29, 1.82) is 0 Å². The molecule has 1 fully saturated rings. The number of rotatable bonds is 0. The highest BCUT2D eigenvalue weighted by molar-refractivity contribution is 5.94. The summed E-state index contributed by atoms with van der Waals surface area (Å²) in [4.78, 5) is 0. The standard InChI is InChI=1S/C25H16.C17H16.2CH4/c1-5-13-21-17(9-1)18-10-2-6-14-22(18)25(21)23-15-7-3-11-19(23)20-12-4-8-16-24(20)25;1-3-9-15-13(7-1)14-8-2-4-10-16(14)17(15)11-5-6-12-17;;/h1-16H;1-4,7-10H,5-6,11-12H2;2*1H4. The van der Waals surface area contributed by atoms with Crippen molar-refractivity contribution in [3.05, 3.63) is 179 Å². The van der Waals surface area contributed by atoms with Gasteiger partial charge >= 0.3 is 0 Å². The summed E-state index contributed by atoms with van der Waals surface area (Å²) in [6.07, 6.45) is 5.42. The smallest absolute Gasteiger partial charge is 0.0725 e. The molecule has 0 aliphatic heterocycles. The monoisotopic (exact) mass is 568 g/mol. The number of fused-ring (bicyclic) bond motifs is 15. The Kier molecular flexibility index (Phi) is 6.70. The highest BCUT2D eigenvalue weighted by atomic mass is 14.5. The zero-order chi connectivity index (χ0) is 27.7. The first-order valence-corrected chi connectivity index (χ1v) is 15.4. The third kappa shape index (κ3) is 3.52. The van der Waals surface area contributed by atoms with Gasteiger partial charge < -0.3 is 0 Å². The number of hydrogen-bond acceptors (Lipinski definition) is 0. The third-order valence-corrected chi connectivity index (χ3v) is 10.5. The van der Waals surface area contributed by atoms with Gasteiger partial charge in [0.15, 0.2) is 0 Å². The van der Waals surface area contributed by atoms with Crippen LogP contribution in [-0.4, -0.2) is 0 Å². The van der Waals surface area contributed by atoms with E-state index in [9.17, 15) is 0 Å². The quantitative estimate of drug-likeness (QED) is 0.171. The summed E-state index contributed by atoms with van der Waals surface area (Å²) >= 11 is 0. The van der Waals surface area contributed by atoms with Gasteiger partial charge in [-0.2, -0.15) is 0 Å². The molecule has 216 valence electrons. The minimum absolute atomic E-state index is 0. The van der Waals surface area contributed by atoms with Crippen molar-refractivity contribution >= 4 is 0 Å². The Morgan fingerprint density at radius 1 is 0.295 bits per heavy atom. The van der Waals surface area contributed by atoms with Crippen LogP contribution in [-0.2, 0) is 10.8 Å². The molecule has 0 amide bonds. The van der Waals surface area contributed by atoms with Crippen molar-refractivity contribution in [3.8, 4) is 33.4 Å². The molecule has 0 nitrogen and oxygen atoms in total. The van der Waals surface area contributed by atoms with Crippen molar-refractivity contribution in [2.75, 3.05) is 0 Å². The third-order valence-electron chi connectivity index (χ3n) is 10.5. The maximum Gasteiger partial charge on any atom is 0.0725 e. The van der Waals surface area contributed by atoms with Crippen LogP contribution in [0.15, 0.2) is 146 Å². The molecular weight excluding hydrogens is 528 g/mol. The first-order valence-electron chi connectivity index (χ1n) is 15.4. The Hall–Kier alpha value is -4.68. The van der Waals surface area contributed by atoms with E-state index in [0.29, 0.717) is 5.41 Å². The summed E-state index contributed by atoms with van der Waals surface area (Å²) < 4.78 is 0. The van der Waals surface area contributed by atoms with Crippen molar-refractivity contribution < 1.29 is 0 Å². The Balaban J connectivity index is 0.000000145. The number of benzene rings is 6. The predicted molar refractivity (Wildman–Crippen MR) is 187 cm³/mol. The van der Waals surface area contributed by atoms with E-state index >= 15 is 0 Å².